The van der Waals surface area contributed by atoms with Gasteiger partial charge in [0.25, 0.3) is 5.56 Å². The summed E-state index contributed by atoms with van der Waals surface area (Å²) in [6, 6.07) is 7.94. The first-order chi connectivity index (χ1) is 16.9. The Labute approximate surface area is 209 Å². The molecule has 0 atom stereocenters. The third kappa shape index (κ3) is 5.56. The summed E-state index contributed by atoms with van der Waals surface area (Å²) < 4.78 is 8.33. The smallest absolute Gasteiger partial charge is 0.332 e. The van der Waals surface area contributed by atoms with Crippen molar-refractivity contribution in [2.24, 2.45) is 4.99 Å². The van der Waals surface area contributed by atoms with Crippen molar-refractivity contribution in [3.05, 3.63) is 56.6 Å². The maximum absolute atomic E-state index is 13.1. The van der Waals surface area contributed by atoms with Gasteiger partial charge < -0.3 is 9.42 Å². The first-order valence-corrected chi connectivity index (χ1v) is 12.5. The van der Waals surface area contributed by atoms with E-state index in [1.54, 1.807) is 4.57 Å². The number of unbranched alkanes of at least 4 members (excludes halogenated alkanes) is 3. The van der Waals surface area contributed by atoms with Crippen molar-refractivity contribution in [1.29, 1.82) is 0 Å². The van der Waals surface area contributed by atoms with Crippen molar-refractivity contribution < 1.29 is 4.52 Å². The predicted molar refractivity (Wildman–Crippen MR) is 138 cm³/mol. The monoisotopic (exact) mass is 498 g/mol. The number of aryl methyl sites for hydroxylation is 1. The van der Waals surface area contributed by atoms with Crippen molar-refractivity contribution in [2.75, 3.05) is 19.0 Å². The third-order valence-electron chi connectivity index (χ3n) is 6.16. The maximum atomic E-state index is 13.1. The molecule has 0 fully saturated rings. The minimum Gasteiger partial charge on any atom is -0.378 e. The molecule has 35 heavy (non-hydrogen) atoms. The van der Waals surface area contributed by atoms with Crippen LogP contribution in [0.25, 0.3) is 11.4 Å². The zero-order valence-corrected chi connectivity index (χ0v) is 21.2. The molecular weight excluding hydrogens is 468 g/mol. The number of anilines is 1. The van der Waals surface area contributed by atoms with Gasteiger partial charge in [-0.15, -0.1) is 0 Å². The molecule has 1 aromatic carbocycles. The summed E-state index contributed by atoms with van der Waals surface area (Å²) in [6.07, 6.45) is 5.09. The van der Waals surface area contributed by atoms with E-state index in [9.17, 15) is 9.59 Å². The summed E-state index contributed by atoms with van der Waals surface area (Å²) in [5.74, 6) is 1.51. The highest BCUT2D eigenvalue weighted by atomic mass is 35.5. The van der Waals surface area contributed by atoms with E-state index in [1.165, 1.54) is 4.57 Å². The SMILES string of the molecule is CCCCCn1c2c(c(=O)n(CCCCc3nc(-c4ccc(N(C)C)cc4)no3)c1=O)CC(Cl)=N2. The molecule has 186 valence electrons. The lowest BCUT2D eigenvalue weighted by atomic mass is 10.2. The molecule has 0 unspecified atom stereocenters. The van der Waals surface area contributed by atoms with Crippen LogP contribution in [0.5, 0.6) is 0 Å². The number of hydrogen-bond donors (Lipinski definition) is 0. The normalized spacial score (nSPS) is 12.6. The Bertz CT molecular complexity index is 1320. The number of halogens is 1. The van der Waals surface area contributed by atoms with Gasteiger partial charge in [-0.05, 0) is 43.5 Å². The molecule has 0 aliphatic carbocycles. The zero-order valence-electron chi connectivity index (χ0n) is 20.5. The Morgan fingerprint density at radius 3 is 2.46 bits per heavy atom. The average Bonchev–Trinajstić information content (AvgIpc) is 3.47. The number of benzene rings is 1. The van der Waals surface area contributed by atoms with Gasteiger partial charge >= 0.3 is 5.69 Å². The van der Waals surface area contributed by atoms with Crippen LogP contribution in [0.2, 0.25) is 0 Å². The molecule has 0 spiro atoms. The van der Waals surface area contributed by atoms with Gasteiger partial charge in [0.05, 0.1) is 5.56 Å². The van der Waals surface area contributed by atoms with Gasteiger partial charge in [0.15, 0.2) is 0 Å². The summed E-state index contributed by atoms with van der Waals surface area (Å²) in [5, 5.41) is 4.44. The van der Waals surface area contributed by atoms with Crippen LogP contribution in [0, 0.1) is 0 Å². The van der Waals surface area contributed by atoms with Crippen LogP contribution in [0.15, 0.2) is 43.4 Å². The molecule has 0 N–H and O–H groups in total. The second kappa shape index (κ2) is 11.0. The van der Waals surface area contributed by atoms with Crippen LogP contribution in [-0.4, -0.2) is 38.5 Å². The van der Waals surface area contributed by atoms with Crippen molar-refractivity contribution in [1.82, 2.24) is 19.3 Å². The molecule has 3 aromatic rings. The highest BCUT2D eigenvalue weighted by molar-refractivity contribution is 6.66. The summed E-state index contributed by atoms with van der Waals surface area (Å²) in [7, 11) is 3.98. The molecule has 0 bridgehead atoms. The van der Waals surface area contributed by atoms with Crippen LogP contribution >= 0.6 is 11.6 Å². The van der Waals surface area contributed by atoms with E-state index in [4.69, 9.17) is 16.1 Å². The minimum atomic E-state index is -0.318. The van der Waals surface area contributed by atoms with Crippen molar-refractivity contribution >= 4 is 28.3 Å². The standard InChI is InChI=1S/C25H31ClN6O3/c1-4-5-7-14-31-23-19(16-20(26)27-23)24(33)32(25(31)34)15-8-6-9-21-28-22(29-35-21)17-10-12-18(13-11-17)30(2)3/h10-13H,4-9,14-16H2,1-3H3. The van der Waals surface area contributed by atoms with Gasteiger partial charge in [0.2, 0.25) is 11.7 Å². The largest absolute Gasteiger partial charge is 0.378 e. The Morgan fingerprint density at radius 2 is 1.74 bits per heavy atom. The van der Waals surface area contributed by atoms with Crippen molar-refractivity contribution in [2.45, 2.75) is 65.0 Å². The molecule has 9 nitrogen and oxygen atoms in total. The molecule has 1 aliphatic heterocycles. The number of nitrogens with zero attached hydrogens (tertiary/aromatic N) is 6. The van der Waals surface area contributed by atoms with Gasteiger partial charge in [-0.1, -0.05) is 36.5 Å². The minimum absolute atomic E-state index is 0.282. The number of aromatic nitrogens is 4. The van der Waals surface area contributed by atoms with Crippen molar-refractivity contribution in [3.63, 3.8) is 0 Å². The Kier molecular flexibility index (Phi) is 7.85. The van der Waals surface area contributed by atoms with Crippen LogP contribution in [0.1, 0.15) is 50.5 Å². The molecular formula is C25H31ClN6O3. The molecule has 1 aliphatic rings. The fourth-order valence-electron chi connectivity index (χ4n) is 4.17. The molecule has 0 amide bonds. The Hall–Kier alpha value is -3.20. The van der Waals surface area contributed by atoms with Gasteiger partial charge in [0, 0.05) is 51.3 Å². The van der Waals surface area contributed by atoms with Gasteiger partial charge in [-0.2, -0.15) is 4.98 Å². The molecule has 0 saturated heterocycles. The number of rotatable bonds is 11. The van der Waals surface area contributed by atoms with E-state index < -0.39 is 0 Å². The summed E-state index contributed by atoms with van der Waals surface area (Å²) in [5.41, 5.74) is 1.88. The summed E-state index contributed by atoms with van der Waals surface area (Å²) in [4.78, 5) is 36.9. The lowest BCUT2D eigenvalue weighted by molar-refractivity contribution is 0.372. The molecule has 10 heteroatoms. The quantitative estimate of drug-likeness (QED) is 0.368. The van der Waals surface area contributed by atoms with Crippen LogP contribution in [0.4, 0.5) is 11.5 Å². The second-order valence-corrected chi connectivity index (χ2v) is 9.41. The summed E-state index contributed by atoms with van der Waals surface area (Å²) >= 11 is 6.11. The number of hydrogen-bond acceptors (Lipinski definition) is 7. The van der Waals surface area contributed by atoms with E-state index >= 15 is 0 Å². The highest BCUT2D eigenvalue weighted by Crippen LogP contribution is 2.24. The van der Waals surface area contributed by atoms with Crippen LogP contribution in [-0.2, 0) is 25.9 Å². The first-order valence-electron chi connectivity index (χ1n) is 12.1. The topological polar surface area (TPSA) is 98.5 Å². The first kappa shape index (κ1) is 24.9. The summed E-state index contributed by atoms with van der Waals surface area (Å²) in [6.45, 7) is 2.96. The van der Waals surface area contributed by atoms with E-state index in [-0.39, 0.29) is 17.7 Å². The van der Waals surface area contributed by atoms with E-state index in [2.05, 4.69) is 22.1 Å². The fraction of sp³-hybridized carbons (Fsp3) is 0.480. The van der Waals surface area contributed by atoms with Gasteiger partial charge in [0.1, 0.15) is 11.0 Å². The van der Waals surface area contributed by atoms with Crippen LogP contribution in [0.3, 0.4) is 0 Å². The van der Waals surface area contributed by atoms with Crippen LogP contribution < -0.4 is 16.1 Å². The molecule has 0 radical (unpaired) electrons. The zero-order chi connectivity index (χ0) is 24.9. The maximum Gasteiger partial charge on any atom is 0.332 e. The fourth-order valence-corrected chi connectivity index (χ4v) is 4.39. The lowest BCUT2D eigenvalue weighted by Gasteiger charge is -2.14. The Morgan fingerprint density at radius 1 is 1.03 bits per heavy atom. The Balaban J connectivity index is 1.40. The van der Waals surface area contributed by atoms with E-state index in [0.29, 0.717) is 60.6 Å². The third-order valence-corrected chi connectivity index (χ3v) is 6.38. The molecule has 2 aromatic heterocycles. The van der Waals surface area contributed by atoms with Gasteiger partial charge in [-0.25, -0.2) is 9.79 Å². The molecule has 3 heterocycles. The number of fused-ring (bicyclic) bond motifs is 1. The average molecular weight is 499 g/mol. The van der Waals surface area contributed by atoms with E-state index in [0.717, 1.165) is 30.5 Å². The second-order valence-electron chi connectivity index (χ2n) is 8.98. The predicted octanol–water partition coefficient (Wildman–Crippen LogP) is 4.16. The highest BCUT2D eigenvalue weighted by Gasteiger charge is 2.24. The number of aliphatic imine (C=N–C) groups is 1. The van der Waals surface area contributed by atoms with Gasteiger partial charge in [-0.3, -0.25) is 13.9 Å². The molecule has 4 rings (SSSR count). The van der Waals surface area contributed by atoms with E-state index in [1.807, 2.05) is 43.3 Å². The van der Waals surface area contributed by atoms with Crippen molar-refractivity contribution in [3.8, 4) is 11.4 Å². The lowest BCUT2D eigenvalue weighted by Crippen LogP contribution is -2.41. The molecule has 0 saturated carbocycles.